The third-order valence-electron chi connectivity index (χ3n) is 3.85. The Kier molecular flexibility index (Phi) is 2.97. The molecule has 0 saturated carbocycles. The third kappa shape index (κ3) is 2.01. The SMILES string of the molecule is Brc1ccc2oc3cnc(C4CCCNC4)nc3c2c1. The van der Waals surface area contributed by atoms with E-state index in [2.05, 4.69) is 32.3 Å². The molecule has 1 atom stereocenters. The molecule has 1 unspecified atom stereocenters. The van der Waals surface area contributed by atoms with Crippen molar-refractivity contribution in [3.05, 3.63) is 34.7 Å². The number of nitrogens with one attached hydrogen (secondary N) is 1. The van der Waals surface area contributed by atoms with Crippen LogP contribution >= 0.6 is 15.9 Å². The summed E-state index contributed by atoms with van der Waals surface area (Å²) < 4.78 is 6.82. The van der Waals surface area contributed by atoms with Gasteiger partial charge >= 0.3 is 0 Å². The van der Waals surface area contributed by atoms with Crippen molar-refractivity contribution >= 4 is 38.0 Å². The van der Waals surface area contributed by atoms with E-state index in [9.17, 15) is 0 Å². The van der Waals surface area contributed by atoms with E-state index in [1.54, 1.807) is 6.20 Å². The van der Waals surface area contributed by atoms with E-state index in [0.29, 0.717) is 5.92 Å². The summed E-state index contributed by atoms with van der Waals surface area (Å²) in [5, 5.41) is 4.45. The summed E-state index contributed by atoms with van der Waals surface area (Å²) in [6.45, 7) is 2.06. The van der Waals surface area contributed by atoms with Crippen LogP contribution in [0.4, 0.5) is 0 Å². The van der Waals surface area contributed by atoms with E-state index >= 15 is 0 Å². The highest BCUT2D eigenvalue weighted by Crippen LogP contribution is 2.30. The summed E-state index contributed by atoms with van der Waals surface area (Å²) in [5.74, 6) is 1.33. The summed E-state index contributed by atoms with van der Waals surface area (Å²) in [7, 11) is 0. The van der Waals surface area contributed by atoms with Gasteiger partial charge in [0.2, 0.25) is 0 Å². The molecule has 0 amide bonds. The minimum Gasteiger partial charge on any atom is -0.453 e. The third-order valence-corrected chi connectivity index (χ3v) is 4.35. The Bertz CT molecular complexity index is 777. The number of piperidine rings is 1. The first-order valence-electron chi connectivity index (χ1n) is 6.87. The van der Waals surface area contributed by atoms with E-state index < -0.39 is 0 Å². The molecule has 1 N–H and O–H groups in total. The van der Waals surface area contributed by atoms with Gasteiger partial charge in [0, 0.05) is 22.3 Å². The molecule has 0 radical (unpaired) electrons. The first-order valence-corrected chi connectivity index (χ1v) is 7.66. The van der Waals surface area contributed by atoms with Crippen LogP contribution in [0.5, 0.6) is 0 Å². The predicted octanol–water partition coefficient (Wildman–Crippen LogP) is 3.61. The van der Waals surface area contributed by atoms with Crippen molar-refractivity contribution in [2.75, 3.05) is 13.1 Å². The summed E-state index contributed by atoms with van der Waals surface area (Å²) in [4.78, 5) is 9.25. The first kappa shape index (κ1) is 12.3. The largest absolute Gasteiger partial charge is 0.453 e. The van der Waals surface area contributed by atoms with E-state index in [-0.39, 0.29) is 0 Å². The average molecular weight is 332 g/mol. The van der Waals surface area contributed by atoms with E-state index in [1.165, 1.54) is 6.42 Å². The normalized spacial score (nSPS) is 19.8. The van der Waals surface area contributed by atoms with Crippen LogP contribution in [0.2, 0.25) is 0 Å². The van der Waals surface area contributed by atoms with Crippen LogP contribution in [0.25, 0.3) is 22.1 Å². The van der Waals surface area contributed by atoms with Crippen molar-refractivity contribution in [3.63, 3.8) is 0 Å². The van der Waals surface area contributed by atoms with E-state index in [1.807, 2.05) is 12.1 Å². The molecule has 2 aromatic heterocycles. The molecule has 102 valence electrons. The zero-order valence-corrected chi connectivity index (χ0v) is 12.5. The Hall–Kier alpha value is -1.46. The number of fused-ring (bicyclic) bond motifs is 3. The van der Waals surface area contributed by atoms with Crippen molar-refractivity contribution in [2.45, 2.75) is 18.8 Å². The number of benzene rings is 1. The van der Waals surface area contributed by atoms with Gasteiger partial charge in [-0.25, -0.2) is 9.97 Å². The number of nitrogens with zero attached hydrogens (tertiary/aromatic N) is 2. The molecular formula is C15H14BrN3O. The fourth-order valence-corrected chi connectivity index (χ4v) is 3.18. The van der Waals surface area contributed by atoms with Gasteiger partial charge in [-0.3, -0.25) is 0 Å². The molecule has 3 heterocycles. The fraction of sp³-hybridized carbons (Fsp3) is 0.333. The van der Waals surface area contributed by atoms with Gasteiger partial charge in [-0.1, -0.05) is 15.9 Å². The molecule has 3 aromatic rings. The quantitative estimate of drug-likeness (QED) is 0.740. The zero-order valence-electron chi connectivity index (χ0n) is 10.9. The number of hydrogen-bond acceptors (Lipinski definition) is 4. The summed E-state index contributed by atoms with van der Waals surface area (Å²) in [6, 6.07) is 5.99. The maximum atomic E-state index is 5.79. The first-order chi connectivity index (χ1) is 9.81. The number of aromatic nitrogens is 2. The Balaban J connectivity index is 1.88. The van der Waals surface area contributed by atoms with Crippen LogP contribution in [-0.4, -0.2) is 23.1 Å². The minimum atomic E-state index is 0.408. The fourth-order valence-electron chi connectivity index (χ4n) is 2.82. The summed E-state index contributed by atoms with van der Waals surface area (Å²) in [6.07, 6.45) is 4.14. The Morgan fingerprint density at radius 3 is 3.10 bits per heavy atom. The van der Waals surface area contributed by atoms with Crippen molar-refractivity contribution in [1.29, 1.82) is 0 Å². The lowest BCUT2D eigenvalue weighted by atomic mass is 9.99. The molecule has 1 aromatic carbocycles. The van der Waals surface area contributed by atoms with Gasteiger partial charge in [-0.05, 0) is 37.6 Å². The number of rotatable bonds is 1. The molecule has 1 fully saturated rings. The van der Waals surface area contributed by atoms with Gasteiger partial charge in [0.25, 0.3) is 0 Å². The van der Waals surface area contributed by atoms with Crippen LogP contribution in [0.1, 0.15) is 24.6 Å². The highest BCUT2D eigenvalue weighted by atomic mass is 79.9. The average Bonchev–Trinajstić information content (AvgIpc) is 2.85. The van der Waals surface area contributed by atoms with Gasteiger partial charge in [-0.2, -0.15) is 0 Å². The van der Waals surface area contributed by atoms with Gasteiger partial charge in [0.1, 0.15) is 16.9 Å². The highest BCUT2D eigenvalue weighted by Gasteiger charge is 2.19. The monoisotopic (exact) mass is 331 g/mol. The van der Waals surface area contributed by atoms with Crippen molar-refractivity contribution < 1.29 is 4.42 Å². The standard InChI is InChI=1S/C15H14BrN3O/c16-10-3-4-12-11(6-10)14-13(20-12)8-18-15(19-14)9-2-1-5-17-7-9/h3-4,6,8-9,17H,1-2,5,7H2. The van der Waals surface area contributed by atoms with Gasteiger partial charge in [0.05, 0.1) is 6.20 Å². The number of halogens is 1. The smallest absolute Gasteiger partial charge is 0.172 e. The highest BCUT2D eigenvalue weighted by molar-refractivity contribution is 9.10. The number of hydrogen-bond donors (Lipinski definition) is 1. The zero-order chi connectivity index (χ0) is 13.5. The van der Waals surface area contributed by atoms with Crippen LogP contribution in [-0.2, 0) is 0 Å². The van der Waals surface area contributed by atoms with Crippen molar-refractivity contribution in [1.82, 2.24) is 15.3 Å². The molecule has 5 heteroatoms. The van der Waals surface area contributed by atoms with Gasteiger partial charge < -0.3 is 9.73 Å². The summed E-state index contributed by atoms with van der Waals surface area (Å²) in [5.41, 5.74) is 2.53. The maximum Gasteiger partial charge on any atom is 0.172 e. The molecule has 20 heavy (non-hydrogen) atoms. The lowest BCUT2D eigenvalue weighted by Gasteiger charge is -2.21. The molecule has 1 aliphatic heterocycles. The maximum absolute atomic E-state index is 5.79. The Morgan fingerprint density at radius 1 is 1.30 bits per heavy atom. The molecule has 1 saturated heterocycles. The molecule has 4 rings (SSSR count). The lowest BCUT2D eigenvalue weighted by molar-refractivity contribution is 0.447. The predicted molar refractivity (Wildman–Crippen MR) is 81.9 cm³/mol. The molecule has 1 aliphatic rings. The van der Waals surface area contributed by atoms with Crippen LogP contribution in [0.15, 0.2) is 33.3 Å². The van der Waals surface area contributed by atoms with Crippen molar-refractivity contribution in [3.8, 4) is 0 Å². The molecule has 0 spiro atoms. The lowest BCUT2D eigenvalue weighted by Crippen LogP contribution is -2.29. The second-order valence-electron chi connectivity index (χ2n) is 5.23. The van der Waals surface area contributed by atoms with Crippen molar-refractivity contribution in [2.24, 2.45) is 0 Å². The topological polar surface area (TPSA) is 51.0 Å². The Morgan fingerprint density at radius 2 is 2.25 bits per heavy atom. The second kappa shape index (κ2) is 4.82. The van der Waals surface area contributed by atoms with E-state index in [0.717, 1.165) is 51.9 Å². The minimum absolute atomic E-state index is 0.408. The molecule has 4 nitrogen and oxygen atoms in total. The molecular weight excluding hydrogens is 318 g/mol. The second-order valence-corrected chi connectivity index (χ2v) is 6.14. The van der Waals surface area contributed by atoms with Crippen LogP contribution in [0, 0.1) is 0 Å². The van der Waals surface area contributed by atoms with Crippen LogP contribution < -0.4 is 5.32 Å². The Labute approximate surface area is 124 Å². The van der Waals surface area contributed by atoms with Gasteiger partial charge in [-0.15, -0.1) is 0 Å². The van der Waals surface area contributed by atoms with Gasteiger partial charge in [0.15, 0.2) is 5.58 Å². The summed E-state index contributed by atoms with van der Waals surface area (Å²) >= 11 is 3.50. The van der Waals surface area contributed by atoms with Crippen LogP contribution in [0.3, 0.4) is 0 Å². The molecule has 0 bridgehead atoms. The number of furan rings is 1. The van der Waals surface area contributed by atoms with E-state index in [4.69, 9.17) is 9.40 Å². The molecule has 0 aliphatic carbocycles.